The first-order valence-electron chi connectivity index (χ1n) is 9.10. The Morgan fingerprint density at radius 1 is 1.08 bits per heavy atom. The van der Waals surface area contributed by atoms with Crippen LogP contribution < -0.4 is 14.9 Å². The second-order valence-corrected chi connectivity index (χ2v) is 9.02. The monoisotopic (exact) mass is 379 g/mol. The van der Waals surface area contributed by atoms with Gasteiger partial charge in [0, 0.05) is 18.3 Å². The number of anilines is 2. The maximum atomic E-state index is 12.2. The lowest BCUT2D eigenvalue weighted by Crippen LogP contribution is -2.42. The summed E-state index contributed by atoms with van der Waals surface area (Å²) < 4.78 is 25.5. The van der Waals surface area contributed by atoms with Crippen molar-refractivity contribution in [3.63, 3.8) is 0 Å². The van der Waals surface area contributed by atoms with Crippen molar-refractivity contribution in [1.82, 2.24) is 5.32 Å². The minimum absolute atomic E-state index is 0.0594. The van der Waals surface area contributed by atoms with Gasteiger partial charge < -0.3 is 10.6 Å². The minimum Gasteiger partial charge on any atom is -0.345 e. The third-order valence-corrected chi connectivity index (χ3v) is 6.87. The Bertz CT molecular complexity index is 801. The lowest BCUT2D eigenvalue weighted by molar-refractivity contribution is -0.136. The van der Waals surface area contributed by atoms with E-state index in [-0.39, 0.29) is 11.8 Å². The number of aryl methyl sites for hydroxylation is 1. The Labute approximate surface area is 154 Å². The molecule has 1 saturated heterocycles. The van der Waals surface area contributed by atoms with Crippen molar-refractivity contribution in [2.24, 2.45) is 0 Å². The van der Waals surface area contributed by atoms with Crippen LogP contribution in [0.25, 0.3) is 0 Å². The zero-order chi connectivity index (χ0) is 18.7. The summed E-state index contributed by atoms with van der Waals surface area (Å²) in [6, 6.07) is 5.14. The molecule has 1 aliphatic carbocycles. The zero-order valence-corrected chi connectivity index (χ0v) is 15.8. The molecule has 0 atom stereocenters. The topological polar surface area (TPSA) is 95.6 Å². The number of hydrogen-bond donors (Lipinski definition) is 2. The third kappa shape index (κ3) is 4.17. The van der Waals surface area contributed by atoms with Gasteiger partial charge in [-0.25, -0.2) is 8.42 Å². The summed E-state index contributed by atoms with van der Waals surface area (Å²) in [6.07, 6.45) is 5.70. The summed E-state index contributed by atoms with van der Waals surface area (Å²) in [5.74, 6) is -1.23. The van der Waals surface area contributed by atoms with Gasteiger partial charge in [0.2, 0.25) is 10.0 Å². The third-order valence-electron chi connectivity index (χ3n) is 5.00. The van der Waals surface area contributed by atoms with E-state index in [1.165, 1.54) is 10.7 Å². The molecular formula is C18H25N3O4S. The SMILES string of the molecule is Cc1ccc(N2CCCS2(=O)=O)cc1NC(=O)C(=O)NC1CCCCC1. The molecule has 2 amide bonds. The summed E-state index contributed by atoms with van der Waals surface area (Å²) in [6.45, 7) is 2.23. The van der Waals surface area contributed by atoms with Gasteiger partial charge in [-0.1, -0.05) is 25.3 Å². The van der Waals surface area contributed by atoms with E-state index in [1.807, 2.05) is 0 Å². The Hall–Kier alpha value is -2.09. The highest BCUT2D eigenvalue weighted by molar-refractivity contribution is 7.93. The Kier molecular flexibility index (Phi) is 5.50. The van der Waals surface area contributed by atoms with E-state index in [1.54, 1.807) is 25.1 Å². The molecule has 0 aromatic heterocycles. The molecule has 1 saturated carbocycles. The average Bonchev–Trinajstić information content (AvgIpc) is 2.97. The van der Waals surface area contributed by atoms with E-state index >= 15 is 0 Å². The normalized spacial score (nSPS) is 20.0. The van der Waals surface area contributed by atoms with Gasteiger partial charge in [-0.2, -0.15) is 0 Å². The molecule has 26 heavy (non-hydrogen) atoms. The van der Waals surface area contributed by atoms with Crippen LogP contribution in [0.5, 0.6) is 0 Å². The first-order chi connectivity index (χ1) is 12.4. The van der Waals surface area contributed by atoms with Crippen LogP contribution in [0.4, 0.5) is 11.4 Å². The Morgan fingerprint density at radius 2 is 1.81 bits per heavy atom. The van der Waals surface area contributed by atoms with E-state index < -0.39 is 21.8 Å². The largest absolute Gasteiger partial charge is 0.345 e. The van der Waals surface area contributed by atoms with E-state index in [0.717, 1.165) is 31.2 Å². The van der Waals surface area contributed by atoms with E-state index in [2.05, 4.69) is 10.6 Å². The molecule has 1 aromatic rings. The predicted octanol–water partition coefficient (Wildman–Crippen LogP) is 1.92. The van der Waals surface area contributed by atoms with Crippen LogP contribution >= 0.6 is 0 Å². The molecule has 2 fully saturated rings. The molecule has 8 heteroatoms. The van der Waals surface area contributed by atoms with Crippen molar-refractivity contribution < 1.29 is 18.0 Å². The lowest BCUT2D eigenvalue weighted by Gasteiger charge is -2.22. The number of hydrogen-bond acceptors (Lipinski definition) is 4. The zero-order valence-electron chi connectivity index (χ0n) is 15.0. The molecule has 142 valence electrons. The highest BCUT2D eigenvalue weighted by Gasteiger charge is 2.29. The molecule has 0 radical (unpaired) electrons. The van der Waals surface area contributed by atoms with Crippen molar-refractivity contribution in [1.29, 1.82) is 0 Å². The van der Waals surface area contributed by atoms with Crippen LogP contribution in [0.3, 0.4) is 0 Å². The number of sulfonamides is 1. The average molecular weight is 379 g/mol. The first kappa shape index (κ1) is 18.7. The summed E-state index contributed by atoms with van der Waals surface area (Å²) in [5, 5.41) is 5.40. The van der Waals surface area contributed by atoms with E-state index in [0.29, 0.717) is 24.3 Å². The molecule has 7 nitrogen and oxygen atoms in total. The molecule has 1 heterocycles. The molecule has 3 rings (SSSR count). The molecule has 0 bridgehead atoms. The van der Waals surface area contributed by atoms with E-state index in [9.17, 15) is 18.0 Å². The van der Waals surface area contributed by atoms with E-state index in [4.69, 9.17) is 0 Å². The van der Waals surface area contributed by atoms with Crippen LogP contribution in [0.2, 0.25) is 0 Å². The second-order valence-electron chi connectivity index (χ2n) is 7.00. The number of nitrogens with zero attached hydrogens (tertiary/aromatic N) is 1. The summed E-state index contributed by atoms with van der Waals surface area (Å²) in [4.78, 5) is 24.4. The fraction of sp³-hybridized carbons (Fsp3) is 0.556. The predicted molar refractivity (Wildman–Crippen MR) is 101 cm³/mol. The Morgan fingerprint density at radius 3 is 2.46 bits per heavy atom. The van der Waals surface area contributed by atoms with Crippen molar-refractivity contribution in [2.75, 3.05) is 21.9 Å². The van der Waals surface area contributed by atoms with Gasteiger partial charge >= 0.3 is 11.8 Å². The summed E-state index contributed by atoms with van der Waals surface area (Å²) in [7, 11) is -3.29. The lowest BCUT2D eigenvalue weighted by atomic mass is 9.95. The highest BCUT2D eigenvalue weighted by atomic mass is 32.2. The van der Waals surface area contributed by atoms with Crippen LogP contribution in [0.15, 0.2) is 18.2 Å². The van der Waals surface area contributed by atoms with Crippen LogP contribution in [-0.4, -0.2) is 38.6 Å². The van der Waals surface area contributed by atoms with Crippen molar-refractivity contribution >= 4 is 33.2 Å². The Balaban J connectivity index is 1.69. The van der Waals surface area contributed by atoms with Crippen molar-refractivity contribution in [3.05, 3.63) is 23.8 Å². The quantitative estimate of drug-likeness (QED) is 0.785. The molecule has 1 aliphatic heterocycles. The molecule has 1 aromatic carbocycles. The second kappa shape index (κ2) is 7.65. The van der Waals surface area contributed by atoms with Crippen LogP contribution in [0.1, 0.15) is 44.1 Å². The fourth-order valence-corrected chi connectivity index (χ4v) is 5.06. The highest BCUT2D eigenvalue weighted by Crippen LogP contribution is 2.28. The number of carbonyl (C=O) groups is 2. The molecule has 0 unspecified atom stereocenters. The first-order valence-corrected chi connectivity index (χ1v) is 10.7. The van der Waals surface area contributed by atoms with Gasteiger partial charge in [0.05, 0.1) is 11.4 Å². The minimum atomic E-state index is -3.29. The van der Waals surface area contributed by atoms with Gasteiger partial charge in [0.15, 0.2) is 0 Å². The van der Waals surface area contributed by atoms with Gasteiger partial charge in [0.1, 0.15) is 0 Å². The number of rotatable bonds is 3. The van der Waals surface area contributed by atoms with Crippen molar-refractivity contribution in [2.45, 2.75) is 51.5 Å². The van der Waals surface area contributed by atoms with Crippen molar-refractivity contribution in [3.8, 4) is 0 Å². The standard InChI is InChI=1S/C18H25N3O4S/c1-13-8-9-15(21-10-5-11-26(21,24)25)12-16(13)20-18(23)17(22)19-14-6-3-2-4-7-14/h8-9,12,14H,2-7,10-11H2,1H3,(H,19,22)(H,20,23). The number of amides is 2. The van der Waals surface area contributed by atoms with Crippen LogP contribution in [0, 0.1) is 6.92 Å². The maximum absolute atomic E-state index is 12.2. The maximum Gasteiger partial charge on any atom is 0.313 e. The van der Waals surface area contributed by atoms with Gasteiger partial charge in [-0.05, 0) is 43.9 Å². The summed E-state index contributed by atoms with van der Waals surface area (Å²) in [5.41, 5.74) is 1.73. The van der Waals surface area contributed by atoms with Gasteiger partial charge in [0.25, 0.3) is 0 Å². The molecular weight excluding hydrogens is 354 g/mol. The molecule has 2 N–H and O–H groups in total. The molecule has 2 aliphatic rings. The number of benzene rings is 1. The number of carbonyl (C=O) groups excluding carboxylic acids is 2. The smallest absolute Gasteiger partial charge is 0.313 e. The molecule has 0 spiro atoms. The number of nitrogens with one attached hydrogen (secondary N) is 2. The van der Waals surface area contributed by atoms with Crippen LogP contribution in [-0.2, 0) is 19.6 Å². The van der Waals surface area contributed by atoms with Gasteiger partial charge in [-0.15, -0.1) is 0 Å². The van der Waals surface area contributed by atoms with Gasteiger partial charge in [-0.3, -0.25) is 13.9 Å². The summed E-state index contributed by atoms with van der Waals surface area (Å²) >= 11 is 0. The fourth-order valence-electron chi connectivity index (χ4n) is 3.51.